The number of carboxylic acids is 3. The van der Waals surface area contributed by atoms with Crippen molar-refractivity contribution in [3.63, 3.8) is 0 Å². The number of ether oxygens (including phenoxy) is 2. The molecule has 4 N–H and O–H groups in total. The van der Waals surface area contributed by atoms with Crippen molar-refractivity contribution in [3.05, 3.63) is 0 Å². The molecule has 0 aromatic heterocycles. The van der Waals surface area contributed by atoms with E-state index in [9.17, 15) is 39.3 Å². The van der Waals surface area contributed by atoms with Crippen molar-refractivity contribution in [1.29, 1.82) is 0 Å². The molecule has 2 unspecified atom stereocenters. The average molecular weight is 591 g/mol. The molecule has 0 aromatic carbocycles. The van der Waals surface area contributed by atoms with Crippen LogP contribution < -0.4 is 0 Å². The summed E-state index contributed by atoms with van der Waals surface area (Å²) in [7, 11) is 0. The van der Waals surface area contributed by atoms with Crippen LogP contribution in [0.4, 0.5) is 0 Å². The molecule has 240 valence electrons. The lowest BCUT2D eigenvalue weighted by Gasteiger charge is -2.43. The Balaban J connectivity index is 0. The molecule has 11 heteroatoms. The van der Waals surface area contributed by atoms with Gasteiger partial charge in [0.2, 0.25) is 0 Å². The number of aliphatic hydroxyl groups is 1. The Bertz CT molecular complexity index is 748. The Hall–Kier alpha value is -2.69. The molecule has 0 aliphatic carbocycles. The molecule has 0 radical (unpaired) electrons. The summed E-state index contributed by atoms with van der Waals surface area (Å²) >= 11 is 0. The fraction of sp³-hybridized carbons (Fsp3) is 0.833. The number of unbranched alkanes of at least 4 members (excludes halogenated alkanes) is 7. The third-order valence-corrected chi connectivity index (χ3v) is 7.42. The number of carboxylic acid groups (broad SMARTS) is 3. The maximum absolute atomic E-state index is 11.5. The van der Waals surface area contributed by atoms with Crippen LogP contribution in [0.1, 0.15) is 131 Å². The third-order valence-electron chi connectivity index (χ3n) is 7.42. The van der Waals surface area contributed by atoms with E-state index in [2.05, 4.69) is 13.8 Å². The maximum Gasteiger partial charge on any atom is 0.337 e. The van der Waals surface area contributed by atoms with Gasteiger partial charge in [-0.05, 0) is 44.9 Å². The van der Waals surface area contributed by atoms with Crippen LogP contribution in [0.3, 0.4) is 0 Å². The monoisotopic (exact) mass is 590 g/mol. The van der Waals surface area contributed by atoms with Gasteiger partial charge in [-0.2, -0.15) is 0 Å². The highest BCUT2D eigenvalue weighted by Gasteiger charge is 2.64. The van der Waals surface area contributed by atoms with Gasteiger partial charge in [-0.3, -0.25) is 19.2 Å². The Morgan fingerprint density at radius 3 is 1.27 bits per heavy atom. The molecule has 0 heterocycles. The van der Waals surface area contributed by atoms with Gasteiger partial charge in [0.25, 0.3) is 0 Å². The predicted octanol–water partition coefficient (Wildman–Crippen LogP) is 5.60. The predicted molar refractivity (Wildman–Crippen MR) is 153 cm³/mol. The zero-order valence-corrected chi connectivity index (χ0v) is 25.7. The van der Waals surface area contributed by atoms with Gasteiger partial charge in [0.05, 0.1) is 19.1 Å². The highest BCUT2D eigenvalue weighted by molar-refractivity contribution is 5.93. The van der Waals surface area contributed by atoms with Crippen molar-refractivity contribution < 1.29 is 53.9 Å². The van der Waals surface area contributed by atoms with Gasteiger partial charge < -0.3 is 29.9 Å². The molecule has 0 amide bonds. The van der Waals surface area contributed by atoms with E-state index in [-0.39, 0.29) is 31.2 Å². The fourth-order valence-electron chi connectivity index (χ4n) is 4.64. The lowest BCUT2D eigenvalue weighted by atomic mass is 9.61. The first kappa shape index (κ1) is 40.4. The van der Waals surface area contributed by atoms with Gasteiger partial charge in [-0.1, -0.05) is 73.1 Å². The smallest absolute Gasteiger partial charge is 0.337 e. The van der Waals surface area contributed by atoms with E-state index in [1.807, 2.05) is 0 Å². The van der Waals surface area contributed by atoms with Crippen LogP contribution >= 0.6 is 0 Å². The van der Waals surface area contributed by atoms with Crippen LogP contribution in [-0.4, -0.2) is 69.1 Å². The first-order valence-corrected chi connectivity index (χ1v) is 15.1. The SMILES string of the molecule is CCC(C(=O)O)C(O)(C(=O)O)C(CC)(CC)C(=O)O.CCCCOC(=O)CCCCCCCCC(=O)OCCCC. The highest BCUT2D eigenvalue weighted by atomic mass is 16.5. The molecule has 0 fully saturated rings. The van der Waals surface area contributed by atoms with Crippen molar-refractivity contribution in [1.82, 2.24) is 0 Å². The Morgan fingerprint density at radius 2 is 1.00 bits per heavy atom. The number of carbonyl (C=O) groups is 5. The van der Waals surface area contributed by atoms with Crippen molar-refractivity contribution in [2.24, 2.45) is 11.3 Å². The van der Waals surface area contributed by atoms with E-state index < -0.39 is 34.8 Å². The van der Waals surface area contributed by atoms with Crippen LogP contribution in [0.25, 0.3) is 0 Å². The molecule has 0 saturated heterocycles. The third kappa shape index (κ3) is 14.2. The van der Waals surface area contributed by atoms with Gasteiger partial charge in [0.15, 0.2) is 5.60 Å². The van der Waals surface area contributed by atoms with E-state index in [1.165, 1.54) is 20.8 Å². The number of carbonyl (C=O) groups excluding carboxylic acids is 2. The zero-order chi connectivity index (χ0) is 31.9. The maximum atomic E-state index is 11.5. The summed E-state index contributed by atoms with van der Waals surface area (Å²) in [4.78, 5) is 56.8. The number of hydrogen-bond donors (Lipinski definition) is 4. The van der Waals surface area contributed by atoms with E-state index in [4.69, 9.17) is 14.6 Å². The molecule has 0 aliphatic rings. The molecular weight excluding hydrogens is 536 g/mol. The molecule has 41 heavy (non-hydrogen) atoms. The van der Waals surface area contributed by atoms with Crippen LogP contribution in [-0.2, 0) is 33.4 Å². The first-order valence-electron chi connectivity index (χ1n) is 15.1. The summed E-state index contributed by atoms with van der Waals surface area (Å²) < 4.78 is 10.2. The molecular formula is C30H54O11. The van der Waals surface area contributed by atoms with Crippen LogP contribution in [0.15, 0.2) is 0 Å². The minimum atomic E-state index is -2.86. The number of aliphatic carboxylic acids is 3. The molecule has 11 nitrogen and oxygen atoms in total. The lowest BCUT2D eigenvalue weighted by Crippen LogP contribution is -2.63. The molecule has 0 aliphatic heterocycles. The van der Waals surface area contributed by atoms with Crippen molar-refractivity contribution >= 4 is 29.8 Å². The molecule has 2 atom stereocenters. The minimum Gasteiger partial charge on any atom is -0.481 e. The van der Waals surface area contributed by atoms with Gasteiger partial charge in [0, 0.05) is 12.8 Å². The van der Waals surface area contributed by atoms with Crippen molar-refractivity contribution in [2.75, 3.05) is 13.2 Å². The largest absolute Gasteiger partial charge is 0.481 e. The highest BCUT2D eigenvalue weighted by Crippen LogP contribution is 2.45. The first-order chi connectivity index (χ1) is 19.4. The second-order valence-electron chi connectivity index (χ2n) is 10.2. The summed E-state index contributed by atoms with van der Waals surface area (Å²) in [5.41, 5.74) is -4.90. The van der Waals surface area contributed by atoms with Crippen LogP contribution in [0.2, 0.25) is 0 Å². The Morgan fingerprint density at radius 1 is 0.610 bits per heavy atom. The second kappa shape index (κ2) is 22.9. The summed E-state index contributed by atoms with van der Waals surface area (Å²) in [5, 5.41) is 38.1. The minimum absolute atomic E-state index is 0.0664. The standard InChI is InChI=1S/C18H34O4.C12H20O7/c1-3-5-15-21-17(19)13-11-9-7-8-10-12-14-18(20)22-16-6-4-2;1-4-7(8(13)14)12(19,10(17)18)11(5-2,6-3)9(15)16/h3-16H2,1-2H3;7,19H,4-6H2,1-3H3,(H,13,14)(H,15,16)(H,17,18). The van der Waals surface area contributed by atoms with Crippen molar-refractivity contribution in [3.8, 4) is 0 Å². The molecule has 0 aromatic rings. The zero-order valence-electron chi connectivity index (χ0n) is 25.7. The summed E-state index contributed by atoms with van der Waals surface area (Å²) in [6.07, 6.45) is 10.7. The number of rotatable bonds is 23. The van der Waals surface area contributed by atoms with Gasteiger partial charge in [-0.15, -0.1) is 0 Å². The van der Waals surface area contributed by atoms with E-state index in [1.54, 1.807) is 0 Å². The topological polar surface area (TPSA) is 185 Å². The molecule has 0 bridgehead atoms. The van der Waals surface area contributed by atoms with E-state index in [0.717, 1.165) is 64.2 Å². The van der Waals surface area contributed by atoms with Gasteiger partial charge in [0.1, 0.15) is 5.41 Å². The Labute approximate surface area is 245 Å². The lowest BCUT2D eigenvalue weighted by molar-refractivity contribution is -0.205. The van der Waals surface area contributed by atoms with E-state index in [0.29, 0.717) is 26.1 Å². The number of esters is 2. The summed E-state index contributed by atoms with van der Waals surface area (Å²) in [6, 6.07) is 0. The second-order valence-corrected chi connectivity index (χ2v) is 10.2. The van der Waals surface area contributed by atoms with Crippen molar-refractivity contribution in [2.45, 2.75) is 137 Å². The van der Waals surface area contributed by atoms with Gasteiger partial charge >= 0.3 is 29.8 Å². The normalized spacial score (nSPS) is 13.2. The average Bonchev–Trinajstić information content (AvgIpc) is 2.91. The molecule has 0 spiro atoms. The quantitative estimate of drug-likeness (QED) is 0.0857. The summed E-state index contributed by atoms with van der Waals surface area (Å²) in [5.74, 6) is -6.69. The fourth-order valence-corrected chi connectivity index (χ4v) is 4.64. The number of hydrogen-bond acceptors (Lipinski definition) is 8. The van der Waals surface area contributed by atoms with Crippen LogP contribution in [0, 0.1) is 11.3 Å². The molecule has 0 rings (SSSR count). The van der Waals surface area contributed by atoms with E-state index >= 15 is 0 Å². The van der Waals surface area contributed by atoms with Gasteiger partial charge in [-0.25, -0.2) is 4.79 Å². The molecule has 0 saturated carbocycles. The Kier molecular flexibility index (Phi) is 22.6. The van der Waals surface area contributed by atoms with Crippen LogP contribution in [0.5, 0.6) is 0 Å². The summed E-state index contributed by atoms with van der Waals surface area (Å²) in [6.45, 7) is 9.51.